The van der Waals surface area contributed by atoms with E-state index in [0.717, 1.165) is 11.1 Å². The molecule has 0 aliphatic carbocycles. The third kappa shape index (κ3) is 4.86. The van der Waals surface area contributed by atoms with Crippen LogP contribution < -0.4 is 29.0 Å². The summed E-state index contributed by atoms with van der Waals surface area (Å²) in [6.07, 6.45) is 0. The van der Waals surface area contributed by atoms with Crippen molar-refractivity contribution in [2.24, 2.45) is 0 Å². The van der Waals surface area contributed by atoms with Gasteiger partial charge in [-0.25, -0.2) is 0 Å². The summed E-state index contributed by atoms with van der Waals surface area (Å²) in [6.45, 7) is 1.30. The summed E-state index contributed by atoms with van der Waals surface area (Å²) in [4.78, 5) is 0. The highest BCUT2D eigenvalue weighted by atomic mass is 35.5. The van der Waals surface area contributed by atoms with E-state index in [1.807, 2.05) is 30.3 Å². The van der Waals surface area contributed by atoms with Crippen molar-refractivity contribution in [3.8, 4) is 28.7 Å². The van der Waals surface area contributed by atoms with Crippen molar-refractivity contribution in [3.63, 3.8) is 0 Å². The normalized spacial score (nSPS) is 9.88. The number of benzene rings is 2. The molecule has 7 heteroatoms. The van der Waals surface area contributed by atoms with Gasteiger partial charge in [0.1, 0.15) is 0 Å². The highest BCUT2D eigenvalue weighted by Crippen LogP contribution is 2.39. The summed E-state index contributed by atoms with van der Waals surface area (Å²) in [5.74, 6) is 3.33. The van der Waals surface area contributed by atoms with E-state index in [9.17, 15) is 0 Å². The SMILES string of the molecule is COc1ccc(CNCc2ccc(OC)c(OC)c2OC)cc1OC.Cl. The molecule has 0 aliphatic rings. The number of rotatable bonds is 9. The van der Waals surface area contributed by atoms with Crippen LogP contribution in [0.5, 0.6) is 28.7 Å². The summed E-state index contributed by atoms with van der Waals surface area (Å²) in [5, 5.41) is 3.40. The van der Waals surface area contributed by atoms with E-state index in [4.69, 9.17) is 23.7 Å². The van der Waals surface area contributed by atoms with Crippen LogP contribution >= 0.6 is 12.4 Å². The molecule has 2 aromatic rings. The maximum Gasteiger partial charge on any atom is 0.203 e. The first-order valence-electron chi connectivity index (χ1n) is 7.87. The Morgan fingerprint density at radius 3 is 1.85 bits per heavy atom. The van der Waals surface area contributed by atoms with Gasteiger partial charge in [-0.2, -0.15) is 0 Å². The molecule has 26 heavy (non-hydrogen) atoms. The zero-order valence-electron chi connectivity index (χ0n) is 15.8. The van der Waals surface area contributed by atoms with Crippen LogP contribution in [-0.4, -0.2) is 35.5 Å². The maximum atomic E-state index is 5.50. The Labute approximate surface area is 160 Å². The molecule has 6 nitrogen and oxygen atoms in total. The smallest absolute Gasteiger partial charge is 0.203 e. The van der Waals surface area contributed by atoms with Crippen LogP contribution in [0, 0.1) is 0 Å². The van der Waals surface area contributed by atoms with Crippen LogP contribution in [0.15, 0.2) is 30.3 Å². The van der Waals surface area contributed by atoms with Gasteiger partial charge in [-0.05, 0) is 23.8 Å². The lowest BCUT2D eigenvalue weighted by atomic mass is 10.1. The van der Waals surface area contributed by atoms with Crippen molar-refractivity contribution < 1.29 is 23.7 Å². The first-order valence-corrected chi connectivity index (χ1v) is 7.87. The molecule has 0 heterocycles. The summed E-state index contributed by atoms with van der Waals surface area (Å²) in [7, 11) is 8.07. The second-order valence-electron chi connectivity index (χ2n) is 5.29. The van der Waals surface area contributed by atoms with Gasteiger partial charge in [-0.1, -0.05) is 12.1 Å². The third-order valence-electron chi connectivity index (χ3n) is 3.88. The van der Waals surface area contributed by atoms with Crippen molar-refractivity contribution in [2.45, 2.75) is 13.1 Å². The second-order valence-corrected chi connectivity index (χ2v) is 5.29. The van der Waals surface area contributed by atoms with Crippen molar-refractivity contribution in [2.75, 3.05) is 35.5 Å². The first-order chi connectivity index (χ1) is 12.2. The van der Waals surface area contributed by atoms with E-state index in [-0.39, 0.29) is 12.4 Å². The molecule has 0 saturated heterocycles. The van der Waals surface area contributed by atoms with E-state index in [2.05, 4.69) is 5.32 Å². The molecule has 144 valence electrons. The number of methoxy groups -OCH3 is 5. The third-order valence-corrected chi connectivity index (χ3v) is 3.88. The van der Waals surface area contributed by atoms with E-state index >= 15 is 0 Å². The Balaban J connectivity index is 0.00000338. The Hall–Kier alpha value is -2.31. The molecular formula is C19H26ClNO5. The molecular weight excluding hydrogens is 358 g/mol. The number of halogens is 1. The maximum absolute atomic E-state index is 5.50. The van der Waals surface area contributed by atoms with Gasteiger partial charge in [-0.15, -0.1) is 12.4 Å². The Morgan fingerprint density at radius 2 is 1.27 bits per heavy atom. The molecule has 2 rings (SSSR count). The van der Waals surface area contributed by atoms with Crippen molar-refractivity contribution in [1.29, 1.82) is 0 Å². The first kappa shape index (κ1) is 21.7. The fraction of sp³-hybridized carbons (Fsp3) is 0.368. The Kier molecular flexibility index (Phi) is 8.88. The molecule has 0 aromatic heterocycles. The lowest BCUT2D eigenvalue weighted by Crippen LogP contribution is -2.14. The molecule has 0 fully saturated rings. The van der Waals surface area contributed by atoms with Gasteiger partial charge in [-0.3, -0.25) is 0 Å². The van der Waals surface area contributed by atoms with Crippen molar-refractivity contribution in [3.05, 3.63) is 41.5 Å². The zero-order chi connectivity index (χ0) is 18.2. The van der Waals surface area contributed by atoms with Gasteiger partial charge >= 0.3 is 0 Å². The highest BCUT2D eigenvalue weighted by molar-refractivity contribution is 5.85. The van der Waals surface area contributed by atoms with Crippen molar-refractivity contribution in [1.82, 2.24) is 5.32 Å². The summed E-state index contributed by atoms with van der Waals surface area (Å²) in [5.41, 5.74) is 2.08. The van der Waals surface area contributed by atoms with Crippen molar-refractivity contribution >= 4 is 12.4 Å². The number of ether oxygens (including phenoxy) is 5. The fourth-order valence-corrected chi connectivity index (χ4v) is 2.63. The molecule has 0 spiro atoms. The minimum atomic E-state index is 0. The molecule has 0 amide bonds. The van der Waals surface area contributed by atoms with Gasteiger partial charge in [0.2, 0.25) is 5.75 Å². The molecule has 0 atom stereocenters. The largest absolute Gasteiger partial charge is 0.493 e. The Morgan fingerprint density at radius 1 is 0.654 bits per heavy atom. The van der Waals surface area contributed by atoms with Gasteiger partial charge in [0.25, 0.3) is 0 Å². The highest BCUT2D eigenvalue weighted by Gasteiger charge is 2.15. The number of nitrogens with one attached hydrogen (secondary N) is 1. The predicted molar refractivity (Wildman–Crippen MR) is 103 cm³/mol. The molecule has 1 N–H and O–H groups in total. The molecule has 2 aromatic carbocycles. The van der Waals surface area contributed by atoms with Crippen LogP contribution in [0.1, 0.15) is 11.1 Å². The quantitative estimate of drug-likeness (QED) is 0.715. The van der Waals surface area contributed by atoms with Gasteiger partial charge < -0.3 is 29.0 Å². The average Bonchev–Trinajstić information content (AvgIpc) is 2.66. The van der Waals surface area contributed by atoms with Crippen LogP contribution in [-0.2, 0) is 13.1 Å². The van der Waals surface area contributed by atoms with Gasteiger partial charge in [0.05, 0.1) is 35.5 Å². The zero-order valence-corrected chi connectivity index (χ0v) is 16.6. The average molecular weight is 384 g/mol. The monoisotopic (exact) mass is 383 g/mol. The second kappa shape index (κ2) is 10.6. The van der Waals surface area contributed by atoms with Crippen LogP contribution in [0.4, 0.5) is 0 Å². The summed E-state index contributed by atoms with van der Waals surface area (Å²) < 4.78 is 26.8. The van der Waals surface area contributed by atoms with Gasteiger partial charge in [0, 0.05) is 18.7 Å². The summed E-state index contributed by atoms with van der Waals surface area (Å²) >= 11 is 0. The topological polar surface area (TPSA) is 58.2 Å². The fourth-order valence-electron chi connectivity index (χ4n) is 2.63. The van der Waals surface area contributed by atoms with E-state index in [1.165, 1.54) is 0 Å². The van der Waals surface area contributed by atoms with Crippen LogP contribution in [0.2, 0.25) is 0 Å². The Bertz CT molecular complexity index is 709. The number of hydrogen-bond acceptors (Lipinski definition) is 6. The predicted octanol–water partition coefficient (Wildman–Crippen LogP) is 3.44. The minimum absolute atomic E-state index is 0. The molecule has 0 unspecified atom stereocenters. The van der Waals surface area contributed by atoms with E-state index in [0.29, 0.717) is 41.8 Å². The minimum Gasteiger partial charge on any atom is -0.493 e. The molecule has 0 bridgehead atoms. The molecule has 0 aliphatic heterocycles. The van der Waals surface area contributed by atoms with E-state index in [1.54, 1.807) is 35.5 Å². The lowest BCUT2D eigenvalue weighted by molar-refractivity contribution is 0.321. The van der Waals surface area contributed by atoms with Gasteiger partial charge in [0.15, 0.2) is 23.0 Å². The van der Waals surface area contributed by atoms with Crippen LogP contribution in [0.3, 0.4) is 0 Å². The number of hydrogen-bond donors (Lipinski definition) is 1. The van der Waals surface area contributed by atoms with E-state index < -0.39 is 0 Å². The standard InChI is InChI=1S/C19H25NO5.ClH/c1-21-15-8-6-13(10-17(15)23-3)11-20-12-14-7-9-16(22-2)19(25-5)18(14)24-4;/h6-10,20H,11-12H2,1-5H3;1H. The molecule has 0 saturated carbocycles. The molecule has 0 radical (unpaired) electrons. The lowest BCUT2D eigenvalue weighted by Gasteiger charge is -2.16. The summed E-state index contributed by atoms with van der Waals surface area (Å²) in [6, 6.07) is 9.68. The van der Waals surface area contributed by atoms with Crippen LogP contribution in [0.25, 0.3) is 0 Å².